The highest BCUT2D eigenvalue weighted by atomic mass is 19.3. The van der Waals surface area contributed by atoms with Gasteiger partial charge >= 0.3 is 11.9 Å². The highest BCUT2D eigenvalue weighted by molar-refractivity contribution is 6.02. The molecule has 0 fully saturated rings. The quantitative estimate of drug-likeness (QED) is 0.0203. The zero-order valence-electron chi connectivity index (χ0n) is 69.0. The van der Waals surface area contributed by atoms with E-state index in [0.29, 0.717) is 63.3 Å². The van der Waals surface area contributed by atoms with Crippen LogP contribution in [-0.2, 0) is 52.0 Å². The number of phenolic OH excluding ortho intramolecular Hbond substituents is 6. The molecule has 120 heavy (non-hydrogen) atoms. The van der Waals surface area contributed by atoms with Gasteiger partial charge in [0.1, 0.15) is 81.7 Å². The van der Waals surface area contributed by atoms with Crippen molar-refractivity contribution < 1.29 is 96.8 Å². The van der Waals surface area contributed by atoms with Crippen molar-refractivity contribution in [2.24, 2.45) is 0 Å². The third-order valence-corrected chi connectivity index (χ3v) is 18.6. The molecule has 0 aliphatic heterocycles. The molecule has 0 amide bonds. The maximum Gasteiger partial charge on any atom is 0.381 e. The summed E-state index contributed by atoms with van der Waals surface area (Å²) in [5.74, 6) is -9.78. The molecule has 0 heterocycles. The molecule has 0 aliphatic carbocycles. The molecular formula is C100H93F9O11. The fraction of sp³-hybridized carbons (Fsp3) is 0.190. The van der Waals surface area contributed by atoms with E-state index in [2.05, 4.69) is 18.6 Å². The highest BCUT2D eigenvalue weighted by Gasteiger charge is 2.44. The van der Waals surface area contributed by atoms with Gasteiger partial charge in [0.25, 0.3) is 5.92 Å². The van der Waals surface area contributed by atoms with Crippen molar-refractivity contribution in [2.75, 3.05) is 7.11 Å². The van der Waals surface area contributed by atoms with E-state index in [9.17, 15) is 84.5 Å². The lowest BCUT2D eigenvalue weighted by molar-refractivity contribution is -0.170. The number of benzene rings is 13. The third-order valence-electron chi connectivity index (χ3n) is 18.6. The van der Waals surface area contributed by atoms with E-state index in [-0.39, 0.29) is 99.5 Å². The summed E-state index contributed by atoms with van der Waals surface area (Å²) < 4.78 is 149. The summed E-state index contributed by atoms with van der Waals surface area (Å²) in [5, 5.41) is 57.9. The van der Waals surface area contributed by atoms with E-state index in [4.69, 9.17) is 7.48 Å². The van der Waals surface area contributed by atoms with E-state index in [0.717, 1.165) is 89.4 Å². The summed E-state index contributed by atoms with van der Waals surface area (Å²) in [6.45, 7) is 10.9. The van der Waals surface area contributed by atoms with Gasteiger partial charge in [-0.2, -0.15) is 8.78 Å². The zero-order chi connectivity index (χ0) is 89.0. The summed E-state index contributed by atoms with van der Waals surface area (Å²) in [5.41, 5.74) is 11.0. The maximum atomic E-state index is 14.2. The molecule has 0 radical (unpaired) electrons. The first-order valence-electron chi connectivity index (χ1n) is 39.5. The SMILES string of the molecule is CCC(=O)c1ccc(O)cc1-c1cccc(F)c1.CCC(F)(F)c1ccc(O)cc1-c1cccc(F)c1.CCCc1c(OCc2ccccc2)cc(O)cc1-c1cccc(F)c1.CCCc1ccc(O)cc1-c1cccc(F)c1.COC(=O)C(F)(F)c1ccc(O)cc1-c1cccc(C)c1.[2H]C([2H])(CC(C)=O)Cc1ccc(O)cc1-c1cccc(F)c1. The van der Waals surface area contributed by atoms with E-state index in [1.807, 2.05) is 61.5 Å². The Morgan fingerprint density at radius 3 is 1.23 bits per heavy atom. The minimum absolute atomic E-state index is 0.0126. The molecule has 0 aromatic heterocycles. The lowest BCUT2D eigenvalue weighted by Crippen LogP contribution is -2.27. The molecule has 0 atom stereocenters. The molecule has 622 valence electrons. The molecule has 0 aliphatic rings. The minimum Gasteiger partial charge on any atom is -0.508 e. The van der Waals surface area contributed by atoms with Crippen LogP contribution in [0.15, 0.2) is 279 Å². The molecule has 0 spiro atoms. The van der Waals surface area contributed by atoms with Crippen molar-refractivity contribution in [1.29, 1.82) is 0 Å². The van der Waals surface area contributed by atoms with Crippen LogP contribution in [0.1, 0.15) is 125 Å². The Morgan fingerprint density at radius 2 is 0.792 bits per heavy atom. The summed E-state index contributed by atoms with van der Waals surface area (Å²) in [4.78, 5) is 34.3. The summed E-state index contributed by atoms with van der Waals surface area (Å²) >= 11 is 0. The normalized spacial score (nSPS) is 11.2. The molecule has 13 aromatic carbocycles. The van der Waals surface area contributed by atoms with Gasteiger partial charge in [0.2, 0.25) is 0 Å². The molecule has 13 aromatic rings. The molecule has 20 heteroatoms. The second-order valence-electron chi connectivity index (χ2n) is 27.7. The van der Waals surface area contributed by atoms with Crippen LogP contribution in [0, 0.1) is 36.0 Å². The second kappa shape index (κ2) is 44.3. The number of alkyl halides is 4. The third kappa shape index (κ3) is 26.6. The lowest BCUT2D eigenvalue weighted by atomic mass is 9.94. The van der Waals surface area contributed by atoms with E-state index < -0.39 is 41.4 Å². The Hall–Kier alpha value is -13.4. The number of esters is 1. The number of aromatic hydroxyl groups is 6. The average molecular weight is 1640 g/mol. The number of Topliss-reactive ketones (excluding diaryl/α,β-unsaturated/α-hetero) is 2. The smallest absolute Gasteiger partial charge is 0.381 e. The number of phenols is 6. The van der Waals surface area contributed by atoms with Gasteiger partial charge in [-0.3, -0.25) is 4.79 Å². The maximum absolute atomic E-state index is 14.2. The predicted octanol–water partition coefficient (Wildman–Crippen LogP) is 26.1. The predicted molar refractivity (Wildman–Crippen MR) is 453 cm³/mol. The summed E-state index contributed by atoms with van der Waals surface area (Å²) in [6.07, 6.45) is 1.80. The minimum atomic E-state index is -3.79. The Balaban J connectivity index is 0.000000183. The number of ether oxygens (including phenoxy) is 2. The van der Waals surface area contributed by atoms with E-state index >= 15 is 0 Å². The number of hydrogen-bond donors (Lipinski definition) is 6. The number of carbonyl (C=O) groups excluding carboxylic acids is 3. The second-order valence-corrected chi connectivity index (χ2v) is 27.7. The van der Waals surface area contributed by atoms with Crippen molar-refractivity contribution in [2.45, 2.75) is 118 Å². The Morgan fingerprint density at radius 1 is 0.400 bits per heavy atom. The highest BCUT2D eigenvalue weighted by Crippen LogP contribution is 2.43. The van der Waals surface area contributed by atoms with Crippen LogP contribution in [-0.4, -0.2) is 55.3 Å². The van der Waals surface area contributed by atoms with Gasteiger partial charge < -0.3 is 44.9 Å². The lowest BCUT2D eigenvalue weighted by Gasteiger charge is -2.19. The summed E-state index contributed by atoms with van der Waals surface area (Å²) in [6, 6.07) is 71.5. The van der Waals surface area contributed by atoms with Gasteiger partial charge in [-0.05, 0) is 269 Å². The van der Waals surface area contributed by atoms with Crippen LogP contribution in [0.2, 0.25) is 0 Å². The molecule has 0 saturated carbocycles. The zero-order valence-corrected chi connectivity index (χ0v) is 67.0. The van der Waals surface area contributed by atoms with Crippen molar-refractivity contribution in [1.82, 2.24) is 0 Å². The number of carbonyl (C=O) groups is 3. The van der Waals surface area contributed by atoms with Crippen molar-refractivity contribution in [3.05, 3.63) is 353 Å². The van der Waals surface area contributed by atoms with Crippen LogP contribution < -0.4 is 4.74 Å². The molecule has 11 nitrogen and oxygen atoms in total. The van der Waals surface area contributed by atoms with E-state index in [1.165, 1.54) is 135 Å². The average Bonchev–Trinajstić information content (AvgIpc) is 0.880. The summed E-state index contributed by atoms with van der Waals surface area (Å²) in [7, 11) is 0.906. The van der Waals surface area contributed by atoms with Crippen LogP contribution in [0.3, 0.4) is 0 Å². The Labute approximate surface area is 695 Å². The van der Waals surface area contributed by atoms with Crippen molar-refractivity contribution in [3.8, 4) is 107 Å². The number of ketones is 2. The first-order valence-corrected chi connectivity index (χ1v) is 38.5. The molecule has 0 unspecified atom stereocenters. The van der Waals surface area contributed by atoms with Crippen LogP contribution in [0.5, 0.6) is 40.2 Å². The molecule has 0 saturated heterocycles. The van der Waals surface area contributed by atoms with Crippen LogP contribution in [0.4, 0.5) is 39.5 Å². The number of methoxy groups -OCH3 is 1. The fourth-order valence-corrected chi connectivity index (χ4v) is 12.8. The van der Waals surface area contributed by atoms with Crippen molar-refractivity contribution >= 4 is 17.5 Å². The van der Waals surface area contributed by atoms with Gasteiger partial charge in [-0.15, -0.1) is 0 Å². The topological polar surface area (TPSA) is 191 Å². The van der Waals surface area contributed by atoms with Gasteiger partial charge in [-0.25, -0.2) is 35.5 Å². The standard InChI is InChI=1S/C22H21FO2.C17H17FO2.C16H14F2O3.C15H13F3O.C15H13FO2.C15H15FO/c1-2-7-20-21(17-10-6-11-18(23)12-17)13-19(24)14-22(20)25-15-16-8-4-3-5-9-16;1-12(19)4-2-5-13-8-9-16(20)11-17(13)14-6-3-7-15(18)10-14;1-10-4-3-5-11(8-10)13-9-12(19)6-7-14(13)16(17,18)15(20)21-2;1-2-15(17,18)14-7-6-12(19)9-13(14)10-4-3-5-11(16)8-10;1-2-15(18)13-7-6-12(17)9-14(13)10-4-3-5-11(16)8-10;1-2-4-11-7-8-14(17)10-15(11)12-5-3-6-13(16)9-12/h3-6,8-14,24H,2,7,15H2,1H3;3,6-11,20H,2,4-5H2,1H3;3-9,19H,1-2H3;3-9,19H,2H2,1H3;3-9,17H,2H2,1H3;3,5-10,17H,2,4H2,1H3/i;2D2;;;;. The first-order chi connectivity index (χ1) is 58.0. The van der Waals surface area contributed by atoms with E-state index in [1.54, 1.807) is 97.9 Å². The monoisotopic (exact) mass is 1640 g/mol. The van der Waals surface area contributed by atoms with Crippen LogP contribution >= 0.6 is 0 Å². The van der Waals surface area contributed by atoms with Gasteiger partial charge in [0.05, 0.1) is 7.11 Å². The van der Waals surface area contributed by atoms with Gasteiger partial charge in [0, 0.05) is 50.3 Å². The number of hydrogen-bond acceptors (Lipinski definition) is 11. The number of halogens is 9. The largest absolute Gasteiger partial charge is 0.508 e. The Kier molecular flexibility index (Phi) is 32.8. The van der Waals surface area contributed by atoms with Gasteiger partial charge in [0.15, 0.2) is 5.78 Å². The molecule has 13 rings (SSSR count). The first kappa shape index (κ1) is 89.0. The fourth-order valence-electron chi connectivity index (χ4n) is 12.8. The number of aryl methyl sites for hydroxylation is 3. The van der Waals surface area contributed by atoms with Gasteiger partial charge in [-0.1, -0.05) is 173 Å². The molecular weight excluding hydrogens is 1550 g/mol. The van der Waals surface area contributed by atoms with Crippen LogP contribution in [0.25, 0.3) is 66.8 Å². The van der Waals surface area contributed by atoms with Crippen molar-refractivity contribution in [3.63, 3.8) is 0 Å². The Bertz CT molecular complexity index is 5730. The molecule has 0 bridgehead atoms. The number of rotatable bonds is 23. The molecule has 6 N–H and O–H groups in total.